The quantitative estimate of drug-likeness (QED) is 0.730. The molecule has 0 radical (unpaired) electrons. The molecule has 1 rings (SSSR count). The van der Waals surface area contributed by atoms with E-state index in [1.807, 2.05) is 6.92 Å². The summed E-state index contributed by atoms with van der Waals surface area (Å²) in [6, 6.07) is -0.971. The van der Waals surface area contributed by atoms with Gasteiger partial charge in [0, 0.05) is 13.1 Å². The zero-order valence-electron chi connectivity index (χ0n) is 9.36. The molecule has 2 amide bonds. The average Bonchev–Trinajstić information content (AvgIpc) is 2.98. The molecule has 1 aliphatic rings. The Labute approximate surface area is 89.4 Å². The largest absolute Gasteiger partial charge is 0.480 e. The van der Waals surface area contributed by atoms with Crippen LogP contribution in [-0.2, 0) is 4.79 Å². The summed E-state index contributed by atoms with van der Waals surface area (Å²) in [4.78, 5) is 23.4. The fourth-order valence-electron chi connectivity index (χ4n) is 1.35. The number of carboxylic acids is 1. The Hall–Kier alpha value is -1.26. The Morgan fingerprint density at radius 2 is 1.93 bits per heavy atom. The van der Waals surface area contributed by atoms with Crippen LogP contribution in [0.1, 0.15) is 26.7 Å². The van der Waals surface area contributed by atoms with Crippen LogP contribution in [-0.4, -0.2) is 41.1 Å². The number of aliphatic carboxylic acids is 1. The molecular weight excluding hydrogens is 196 g/mol. The zero-order chi connectivity index (χ0) is 11.6. The molecular formula is C10H18N2O3. The van der Waals surface area contributed by atoms with E-state index in [1.165, 1.54) is 18.9 Å². The molecule has 1 saturated carbocycles. The van der Waals surface area contributed by atoms with Crippen LogP contribution in [0.4, 0.5) is 4.79 Å². The third kappa shape index (κ3) is 3.11. The number of hydrogen-bond donors (Lipinski definition) is 2. The SMILES string of the molecule is CC(NC(=O)N(C)C(C)C(=O)O)C1CC1. The summed E-state index contributed by atoms with van der Waals surface area (Å²) in [6.07, 6.45) is 2.30. The lowest BCUT2D eigenvalue weighted by Gasteiger charge is -2.24. The highest BCUT2D eigenvalue weighted by Crippen LogP contribution is 2.32. The summed E-state index contributed by atoms with van der Waals surface area (Å²) >= 11 is 0. The van der Waals surface area contributed by atoms with Crippen LogP contribution in [0.3, 0.4) is 0 Å². The normalized spacial score (nSPS) is 19.1. The first-order chi connectivity index (χ1) is 6.93. The number of carbonyl (C=O) groups is 2. The minimum atomic E-state index is -0.994. The maximum Gasteiger partial charge on any atom is 0.326 e. The van der Waals surface area contributed by atoms with Crippen LogP contribution < -0.4 is 5.32 Å². The Balaban J connectivity index is 2.41. The van der Waals surface area contributed by atoms with Crippen molar-refractivity contribution in [1.29, 1.82) is 0 Å². The first-order valence-electron chi connectivity index (χ1n) is 5.19. The molecule has 5 nitrogen and oxygen atoms in total. The molecule has 0 aromatic heterocycles. The van der Waals surface area contributed by atoms with Crippen LogP contribution in [0, 0.1) is 5.92 Å². The van der Waals surface area contributed by atoms with Crippen molar-refractivity contribution in [3.63, 3.8) is 0 Å². The maximum atomic E-state index is 11.6. The molecule has 2 atom stereocenters. The Morgan fingerprint density at radius 1 is 1.40 bits per heavy atom. The topological polar surface area (TPSA) is 69.6 Å². The van der Waals surface area contributed by atoms with Gasteiger partial charge in [-0.15, -0.1) is 0 Å². The van der Waals surface area contributed by atoms with Crippen molar-refractivity contribution in [3.8, 4) is 0 Å². The van der Waals surface area contributed by atoms with E-state index < -0.39 is 12.0 Å². The summed E-state index contributed by atoms with van der Waals surface area (Å²) in [6.45, 7) is 3.44. The molecule has 86 valence electrons. The van der Waals surface area contributed by atoms with Gasteiger partial charge in [-0.25, -0.2) is 9.59 Å². The molecule has 0 spiro atoms. The van der Waals surface area contributed by atoms with Crippen molar-refractivity contribution in [2.45, 2.75) is 38.8 Å². The van der Waals surface area contributed by atoms with Crippen LogP contribution in [0.15, 0.2) is 0 Å². The molecule has 2 unspecified atom stereocenters. The van der Waals surface area contributed by atoms with E-state index in [4.69, 9.17) is 5.11 Å². The van der Waals surface area contributed by atoms with Crippen molar-refractivity contribution < 1.29 is 14.7 Å². The fourth-order valence-corrected chi connectivity index (χ4v) is 1.35. The highest BCUT2D eigenvalue weighted by Gasteiger charge is 2.30. The smallest absolute Gasteiger partial charge is 0.326 e. The predicted molar refractivity (Wildman–Crippen MR) is 55.6 cm³/mol. The molecule has 0 aromatic carbocycles. The number of nitrogens with one attached hydrogen (secondary N) is 1. The van der Waals surface area contributed by atoms with Gasteiger partial charge in [0.05, 0.1) is 0 Å². The number of rotatable bonds is 4. The number of carboxylic acid groups (broad SMARTS) is 1. The van der Waals surface area contributed by atoms with Gasteiger partial charge < -0.3 is 15.3 Å². The van der Waals surface area contributed by atoms with Crippen molar-refractivity contribution >= 4 is 12.0 Å². The highest BCUT2D eigenvalue weighted by atomic mass is 16.4. The molecule has 5 heteroatoms. The van der Waals surface area contributed by atoms with E-state index in [-0.39, 0.29) is 12.1 Å². The lowest BCUT2D eigenvalue weighted by molar-refractivity contribution is -0.141. The van der Waals surface area contributed by atoms with Gasteiger partial charge in [-0.05, 0) is 32.6 Å². The maximum absolute atomic E-state index is 11.6. The lowest BCUT2D eigenvalue weighted by atomic mass is 10.2. The first-order valence-corrected chi connectivity index (χ1v) is 5.19. The van der Waals surface area contributed by atoms with Crippen molar-refractivity contribution in [1.82, 2.24) is 10.2 Å². The monoisotopic (exact) mass is 214 g/mol. The number of carbonyl (C=O) groups excluding carboxylic acids is 1. The van der Waals surface area contributed by atoms with Crippen LogP contribution in [0.2, 0.25) is 0 Å². The lowest BCUT2D eigenvalue weighted by Crippen LogP contribution is -2.48. The van der Waals surface area contributed by atoms with Gasteiger partial charge in [0.15, 0.2) is 0 Å². The van der Waals surface area contributed by atoms with Gasteiger partial charge in [0.25, 0.3) is 0 Å². The number of urea groups is 1. The Bertz CT molecular complexity index is 263. The zero-order valence-corrected chi connectivity index (χ0v) is 9.36. The second kappa shape index (κ2) is 4.51. The summed E-state index contributed by atoms with van der Waals surface area (Å²) in [7, 11) is 1.49. The van der Waals surface area contributed by atoms with E-state index >= 15 is 0 Å². The fraction of sp³-hybridized carbons (Fsp3) is 0.800. The molecule has 0 aliphatic heterocycles. The summed E-state index contributed by atoms with van der Waals surface area (Å²) < 4.78 is 0. The minimum absolute atomic E-state index is 0.140. The minimum Gasteiger partial charge on any atom is -0.480 e. The van der Waals surface area contributed by atoms with Crippen LogP contribution in [0.5, 0.6) is 0 Å². The van der Waals surface area contributed by atoms with Gasteiger partial charge in [-0.2, -0.15) is 0 Å². The number of hydrogen-bond acceptors (Lipinski definition) is 2. The first kappa shape index (κ1) is 11.8. The van der Waals surface area contributed by atoms with E-state index in [9.17, 15) is 9.59 Å². The molecule has 0 heterocycles. The van der Waals surface area contributed by atoms with E-state index in [0.717, 1.165) is 12.8 Å². The highest BCUT2D eigenvalue weighted by molar-refractivity contribution is 5.82. The molecule has 1 aliphatic carbocycles. The van der Waals surface area contributed by atoms with E-state index in [2.05, 4.69) is 5.32 Å². The van der Waals surface area contributed by atoms with Gasteiger partial charge in [-0.1, -0.05) is 0 Å². The Kier molecular flexibility index (Phi) is 3.55. The third-order valence-electron chi connectivity index (χ3n) is 2.94. The van der Waals surface area contributed by atoms with Crippen molar-refractivity contribution in [2.24, 2.45) is 5.92 Å². The summed E-state index contributed by atoms with van der Waals surface area (Å²) in [5.41, 5.74) is 0. The molecule has 1 fully saturated rings. The van der Waals surface area contributed by atoms with Crippen LogP contribution in [0.25, 0.3) is 0 Å². The second-order valence-corrected chi connectivity index (χ2v) is 4.20. The van der Waals surface area contributed by atoms with Gasteiger partial charge in [0.2, 0.25) is 0 Å². The summed E-state index contributed by atoms with van der Waals surface area (Å²) in [5.74, 6) is -0.422. The summed E-state index contributed by atoms with van der Waals surface area (Å²) in [5, 5.41) is 11.5. The second-order valence-electron chi connectivity index (χ2n) is 4.20. The third-order valence-corrected chi connectivity index (χ3v) is 2.94. The number of nitrogens with zero attached hydrogens (tertiary/aromatic N) is 1. The van der Waals surface area contributed by atoms with Gasteiger partial charge >= 0.3 is 12.0 Å². The van der Waals surface area contributed by atoms with E-state index in [1.54, 1.807) is 0 Å². The number of likely N-dealkylation sites (N-methyl/N-ethyl adjacent to an activating group) is 1. The van der Waals surface area contributed by atoms with Gasteiger partial charge in [0.1, 0.15) is 6.04 Å². The number of amides is 2. The van der Waals surface area contributed by atoms with Crippen LogP contribution >= 0.6 is 0 Å². The molecule has 15 heavy (non-hydrogen) atoms. The van der Waals surface area contributed by atoms with E-state index in [0.29, 0.717) is 5.92 Å². The standard InChI is InChI=1S/C10H18N2O3/c1-6(8-4-5-8)11-10(15)12(3)7(2)9(13)14/h6-8H,4-5H2,1-3H3,(H,11,15)(H,13,14). The molecule has 0 aromatic rings. The van der Waals surface area contributed by atoms with Crippen molar-refractivity contribution in [2.75, 3.05) is 7.05 Å². The average molecular weight is 214 g/mol. The molecule has 2 N–H and O–H groups in total. The van der Waals surface area contributed by atoms with Gasteiger partial charge in [-0.3, -0.25) is 0 Å². The molecule has 0 saturated heterocycles. The molecule has 0 bridgehead atoms. The Morgan fingerprint density at radius 3 is 2.33 bits per heavy atom. The predicted octanol–water partition coefficient (Wildman–Crippen LogP) is 0.899. The van der Waals surface area contributed by atoms with Crippen molar-refractivity contribution in [3.05, 3.63) is 0 Å².